The molecular formula is C17H30IN3O2. The van der Waals surface area contributed by atoms with E-state index in [-0.39, 0.29) is 29.6 Å². The molecule has 0 unspecified atom stereocenters. The van der Waals surface area contributed by atoms with Crippen molar-refractivity contribution in [2.75, 3.05) is 27.3 Å². The van der Waals surface area contributed by atoms with Gasteiger partial charge < -0.3 is 20.1 Å². The van der Waals surface area contributed by atoms with Gasteiger partial charge >= 0.3 is 0 Å². The Bertz CT molecular complexity index is 505. The van der Waals surface area contributed by atoms with Crippen molar-refractivity contribution < 1.29 is 9.47 Å². The first-order valence-electron chi connectivity index (χ1n) is 7.64. The molecule has 0 radical (unpaired) electrons. The highest BCUT2D eigenvalue weighted by atomic mass is 127. The third-order valence-electron chi connectivity index (χ3n) is 3.43. The van der Waals surface area contributed by atoms with E-state index in [9.17, 15) is 0 Å². The third kappa shape index (κ3) is 7.87. The van der Waals surface area contributed by atoms with Gasteiger partial charge in [-0.25, -0.2) is 0 Å². The van der Waals surface area contributed by atoms with E-state index < -0.39 is 0 Å². The second-order valence-electron chi connectivity index (χ2n) is 5.79. The van der Waals surface area contributed by atoms with Crippen LogP contribution in [0.4, 0.5) is 0 Å². The van der Waals surface area contributed by atoms with Crippen LogP contribution in [0.25, 0.3) is 0 Å². The van der Waals surface area contributed by atoms with E-state index in [1.807, 2.05) is 20.8 Å². The van der Waals surface area contributed by atoms with Crippen molar-refractivity contribution in [1.29, 1.82) is 0 Å². The van der Waals surface area contributed by atoms with Gasteiger partial charge in [0.2, 0.25) is 0 Å². The molecule has 0 amide bonds. The molecule has 5 nitrogen and oxygen atoms in total. The number of hydrogen-bond acceptors (Lipinski definition) is 3. The van der Waals surface area contributed by atoms with E-state index in [1.165, 1.54) is 5.56 Å². The summed E-state index contributed by atoms with van der Waals surface area (Å²) in [6, 6.07) is 6.23. The second-order valence-corrected chi connectivity index (χ2v) is 5.79. The number of rotatable bonds is 7. The number of aryl methyl sites for hydroxylation is 1. The number of benzene rings is 1. The molecule has 2 N–H and O–H groups in total. The molecule has 0 fully saturated rings. The summed E-state index contributed by atoms with van der Waals surface area (Å²) in [6.07, 6.45) is 0. The lowest BCUT2D eigenvalue weighted by molar-refractivity contribution is 0.0268. The molecule has 0 saturated carbocycles. The Balaban J connectivity index is 0.00000484. The van der Waals surface area contributed by atoms with E-state index in [4.69, 9.17) is 9.47 Å². The second kappa shape index (κ2) is 10.7. The quantitative estimate of drug-likeness (QED) is 0.393. The molecule has 0 aliphatic carbocycles. The normalized spacial score (nSPS) is 11.7. The summed E-state index contributed by atoms with van der Waals surface area (Å²) in [5.41, 5.74) is 2.07. The topological polar surface area (TPSA) is 54.9 Å². The average molecular weight is 435 g/mol. The molecule has 0 bridgehead atoms. The molecule has 0 heterocycles. The summed E-state index contributed by atoms with van der Waals surface area (Å²) in [6.45, 7) is 10.1. The van der Waals surface area contributed by atoms with Gasteiger partial charge in [0, 0.05) is 32.8 Å². The SMILES string of the molecule is CCOc1cc(C)ccc1CNC(=NC)NCC(C)(C)OC.I. The molecule has 0 atom stereocenters. The molecule has 6 heteroatoms. The van der Waals surface area contributed by atoms with Crippen LogP contribution in [0.2, 0.25) is 0 Å². The first-order valence-corrected chi connectivity index (χ1v) is 7.64. The maximum absolute atomic E-state index is 5.70. The molecular weight excluding hydrogens is 405 g/mol. The van der Waals surface area contributed by atoms with Crippen LogP contribution in [0.3, 0.4) is 0 Å². The monoisotopic (exact) mass is 435 g/mol. The molecule has 23 heavy (non-hydrogen) atoms. The number of guanidine groups is 1. The minimum atomic E-state index is -0.238. The number of aliphatic imine (C=N–C) groups is 1. The maximum Gasteiger partial charge on any atom is 0.191 e. The lowest BCUT2D eigenvalue weighted by Crippen LogP contribution is -2.45. The molecule has 0 aromatic heterocycles. The molecule has 0 saturated heterocycles. The number of methoxy groups -OCH3 is 1. The summed E-state index contributed by atoms with van der Waals surface area (Å²) >= 11 is 0. The van der Waals surface area contributed by atoms with Gasteiger partial charge in [-0.05, 0) is 39.3 Å². The van der Waals surface area contributed by atoms with Crippen molar-refractivity contribution in [3.8, 4) is 5.75 Å². The van der Waals surface area contributed by atoms with Crippen LogP contribution < -0.4 is 15.4 Å². The van der Waals surface area contributed by atoms with E-state index in [1.54, 1.807) is 14.2 Å². The van der Waals surface area contributed by atoms with Gasteiger partial charge in [-0.15, -0.1) is 24.0 Å². The minimum Gasteiger partial charge on any atom is -0.494 e. The van der Waals surface area contributed by atoms with Crippen LogP contribution in [0.1, 0.15) is 31.9 Å². The van der Waals surface area contributed by atoms with Gasteiger partial charge in [-0.2, -0.15) is 0 Å². The molecule has 0 aliphatic heterocycles. The van der Waals surface area contributed by atoms with E-state index in [0.717, 1.165) is 17.3 Å². The van der Waals surface area contributed by atoms with Gasteiger partial charge in [0.25, 0.3) is 0 Å². The predicted octanol–water partition coefficient (Wildman–Crippen LogP) is 3.10. The summed E-state index contributed by atoms with van der Waals surface area (Å²) in [5.74, 6) is 1.66. The Labute approximate surface area is 157 Å². The van der Waals surface area contributed by atoms with Gasteiger partial charge in [0.05, 0.1) is 12.2 Å². The summed E-state index contributed by atoms with van der Waals surface area (Å²) in [5, 5.41) is 6.57. The van der Waals surface area contributed by atoms with Crippen LogP contribution in [0, 0.1) is 6.92 Å². The highest BCUT2D eigenvalue weighted by Crippen LogP contribution is 2.20. The average Bonchev–Trinajstić information content (AvgIpc) is 2.49. The molecule has 132 valence electrons. The smallest absolute Gasteiger partial charge is 0.191 e. The molecule has 1 rings (SSSR count). The first kappa shape index (κ1) is 22.0. The van der Waals surface area contributed by atoms with Gasteiger partial charge in [-0.1, -0.05) is 12.1 Å². The highest BCUT2D eigenvalue weighted by molar-refractivity contribution is 14.0. The Morgan fingerprint density at radius 1 is 1.26 bits per heavy atom. The fraction of sp³-hybridized carbons (Fsp3) is 0.588. The maximum atomic E-state index is 5.70. The van der Waals surface area contributed by atoms with Crippen molar-refractivity contribution in [1.82, 2.24) is 10.6 Å². The summed E-state index contributed by atoms with van der Waals surface area (Å²) in [4.78, 5) is 4.23. The van der Waals surface area contributed by atoms with Crippen molar-refractivity contribution in [2.24, 2.45) is 4.99 Å². The van der Waals surface area contributed by atoms with Gasteiger partial charge in [0.1, 0.15) is 5.75 Å². The zero-order chi connectivity index (χ0) is 16.6. The van der Waals surface area contributed by atoms with E-state index >= 15 is 0 Å². The lowest BCUT2D eigenvalue weighted by atomic mass is 10.1. The minimum absolute atomic E-state index is 0. The van der Waals surface area contributed by atoms with Crippen molar-refractivity contribution in [2.45, 2.75) is 39.8 Å². The van der Waals surface area contributed by atoms with E-state index in [2.05, 4.69) is 40.7 Å². The number of ether oxygens (including phenoxy) is 2. The third-order valence-corrected chi connectivity index (χ3v) is 3.43. The van der Waals surface area contributed by atoms with Gasteiger partial charge in [-0.3, -0.25) is 4.99 Å². The summed E-state index contributed by atoms with van der Waals surface area (Å²) < 4.78 is 11.1. The molecule has 1 aromatic carbocycles. The number of nitrogens with one attached hydrogen (secondary N) is 2. The van der Waals surface area contributed by atoms with Crippen molar-refractivity contribution >= 4 is 29.9 Å². The fourth-order valence-corrected chi connectivity index (χ4v) is 1.87. The van der Waals surface area contributed by atoms with Crippen molar-refractivity contribution in [3.63, 3.8) is 0 Å². The zero-order valence-electron chi connectivity index (χ0n) is 15.0. The van der Waals surface area contributed by atoms with Crippen LogP contribution >= 0.6 is 24.0 Å². The highest BCUT2D eigenvalue weighted by Gasteiger charge is 2.16. The first-order chi connectivity index (χ1) is 10.4. The fourth-order valence-electron chi connectivity index (χ4n) is 1.87. The van der Waals surface area contributed by atoms with Crippen LogP contribution in [0.5, 0.6) is 5.75 Å². The van der Waals surface area contributed by atoms with Crippen LogP contribution in [-0.2, 0) is 11.3 Å². The zero-order valence-corrected chi connectivity index (χ0v) is 17.4. The Morgan fingerprint density at radius 3 is 2.52 bits per heavy atom. The molecule has 1 aromatic rings. The van der Waals surface area contributed by atoms with Crippen molar-refractivity contribution in [3.05, 3.63) is 29.3 Å². The standard InChI is InChI=1S/C17H29N3O2.HI/c1-7-22-15-10-13(2)8-9-14(15)11-19-16(18-5)20-12-17(3,4)21-6;/h8-10H,7,11-12H2,1-6H3,(H2,18,19,20);1H. The Kier molecular flexibility index (Phi) is 10.2. The number of nitrogens with zero attached hydrogens (tertiary/aromatic N) is 1. The Hall–Kier alpha value is -1.02. The van der Waals surface area contributed by atoms with Gasteiger partial charge in [0.15, 0.2) is 5.96 Å². The van der Waals surface area contributed by atoms with Crippen LogP contribution in [-0.4, -0.2) is 38.9 Å². The molecule has 0 aliphatic rings. The van der Waals surface area contributed by atoms with Crippen LogP contribution in [0.15, 0.2) is 23.2 Å². The number of hydrogen-bond donors (Lipinski definition) is 2. The molecule has 0 spiro atoms. The Morgan fingerprint density at radius 2 is 1.96 bits per heavy atom. The predicted molar refractivity (Wildman–Crippen MR) is 107 cm³/mol. The van der Waals surface area contributed by atoms with E-state index in [0.29, 0.717) is 19.7 Å². The summed E-state index contributed by atoms with van der Waals surface area (Å²) in [7, 11) is 3.46. The number of halogens is 1. The largest absolute Gasteiger partial charge is 0.494 e. The lowest BCUT2D eigenvalue weighted by Gasteiger charge is -2.24.